The van der Waals surface area contributed by atoms with Crippen molar-refractivity contribution in [3.8, 4) is 0 Å². The first-order chi connectivity index (χ1) is 12.3. The highest BCUT2D eigenvalue weighted by molar-refractivity contribution is 5.85. The molecule has 1 amide bonds. The van der Waals surface area contributed by atoms with E-state index in [1.165, 1.54) is 0 Å². The third kappa shape index (κ3) is 4.54. The highest BCUT2D eigenvalue weighted by Crippen LogP contribution is 2.38. The van der Waals surface area contributed by atoms with Gasteiger partial charge in [0.1, 0.15) is 5.82 Å². The predicted molar refractivity (Wildman–Crippen MR) is 104 cm³/mol. The lowest BCUT2D eigenvalue weighted by molar-refractivity contribution is -0.138. The first kappa shape index (κ1) is 20.2. The third-order valence-electron chi connectivity index (χ3n) is 5.29. The van der Waals surface area contributed by atoms with Crippen molar-refractivity contribution in [3.05, 3.63) is 35.1 Å². The number of rotatable bonds is 5. The van der Waals surface area contributed by atoms with E-state index < -0.39 is 0 Å². The zero-order chi connectivity index (χ0) is 19.3. The number of aryl methyl sites for hydroxylation is 1. The molecule has 26 heavy (non-hydrogen) atoms. The molecule has 1 atom stereocenters. The zero-order valence-corrected chi connectivity index (χ0v) is 16.5. The smallest absolute Gasteiger partial charge is 0.230 e. The van der Waals surface area contributed by atoms with Crippen molar-refractivity contribution in [1.29, 1.82) is 0 Å². The van der Waals surface area contributed by atoms with E-state index in [4.69, 9.17) is 0 Å². The number of benzene rings is 1. The van der Waals surface area contributed by atoms with E-state index in [0.717, 1.165) is 31.2 Å². The van der Waals surface area contributed by atoms with Crippen LogP contribution in [0.1, 0.15) is 49.8 Å². The summed E-state index contributed by atoms with van der Waals surface area (Å²) in [5.41, 5.74) is 1.13. The van der Waals surface area contributed by atoms with Crippen molar-refractivity contribution in [2.24, 2.45) is 10.4 Å². The van der Waals surface area contributed by atoms with Gasteiger partial charge in [0.2, 0.25) is 5.91 Å². The molecule has 6 heteroatoms. The van der Waals surface area contributed by atoms with Crippen LogP contribution in [0, 0.1) is 18.2 Å². The predicted octanol–water partition coefficient (Wildman–Crippen LogP) is 3.01. The number of nitrogens with zero attached hydrogens (tertiary/aromatic N) is 2. The molecule has 2 N–H and O–H groups in total. The van der Waals surface area contributed by atoms with Crippen LogP contribution in [0.5, 0.6) is 0 Å². The molecule has 1 fully saturated rings. The molecule has 144 valence electrons. The minimum absolute atomic E-state index is 0.0969. The molecule has 1 aromatic carbocycles. The lowest BCUT2D eigenvalue weighted by Crippen LogP contribution is -2.49. The van der Waals surface area contributed by atoms with Crippen LogP contribution in [0.4, 0.5) is 4.39 Å². The Balaban J connectivity index is 2.02. The molecule has 1 saturated carbocycles. The standard InChI is InChI=1S/C20H31FN4O/c1-14-8-9-16(12-17(14)21)15(2)24-19(22-3)23-13-20(10-6-7-11-20)18(26)25(4)5/h8-9,12,15H,6-7,10-11,13H2,1-5H3,(H2,22,23,24). The van der Waals surface area contributed by atoms with Gasteiger partial charge in [-0.25, -0.2) is 4.39 Å². The second-order valence-corrected chi connectivity index (χ2v) is 7.49. The molecule has 1 aliphatic rings. The van der Waals surface area contributed by atoms with Crippen LogP contribution in [0.2, 0.25) is 0 Å². The number of carbonyl (C=O) groups is 1. The van der Waals surface area contributed by atoms with Gasteiger partial charge in [-0.1, -0.05) is 25.0 Å². The van der Waals surface area contributed by atoms with Gasteiger partial charge in [0.15, 0.2) is 5.96 Å². The Morgan fingerprint density at radius 1 is 1.35 bits per heavy atom. The summed E-state index contributed by atoms with van der Waals surface area (Å²) >= 11 is 0. The molecule has 0 heterocycles. The summed E-state index contributed by atoms with van der Waals surface area (Å²) in [6.45, 7) is 4.27. The molecule has 2 rings (SSSR count). The molecule has 0 aromatic heterocycles. The summed E-state index contributed by atoms with van der Waals surface area (Å²) in [6.07, 6.45) is 3.94. The minimum Gasteiger partial charge on any atom is -0.355 e. The lowest BCUT2D eigenvalue weighted by Gasteiger charge is -2.31. The lowest BCUT2D eigenvalue weighted by atomic mass is 9.84. The van der Waals surface area contributed by atoms with Crippen LogP contribution >= 0.6 is 0 Å². The molecule has 0 spiro atoms. The molecule has 0 radical (unpaired) electrons. The average Bonchev–Trinajstić information content (AvgIpc) is 3.10. The van der Waals surface area contributed by atoms with Crippen molar-refractivity contribution in [3.63, 3.8) is 0 Å². The molecule has 1 aromatic rings. The van der Waals surface area contributed by atoms with Crippen LogP contribution in [0.25, 0.3) is 0 Å². The van der Waals surface area contributed by atoms with Crippen LogP contribution in [0.15, 0.2) is 23.2 Å². The quantitative estimate of drug-likeness (QED) is 0.625. The molecule has 5 nitrogen and oxygen atoms in total. The van der Waals surface area contributed by atoms with Crippen LogP contribution in [-0.2, 0) is 4.79 Å². The van der Waals surface area contributed by atoms with E-state index in [1.807, 2.05) is 27.1 Å². The zero-order valence-electron chi connectivity index (χ0n) is 16.5. The van der Waals surface area contributed by atoms with Crippen molar-refractivity contribution in [2.75, 3.05) is 27.7 Å². The summed E-state index contributed by atoms with van der Waals surface area (Å²) in [4.78, 5) is 18.6. The SMILES string of the molecule is CN=C(NCC1(C(=O)N(C)C)CCCC1)NC(C)c1ccc(C)c(F)c1. The maximum atomic E-state index is 13.8. The number of hydrogen-bond donors (Lipinski definition) is 2. The second-order valence-electron chi connectivity index (χ2n) is 7.49. The van der Waals surface area contributed by atoms with E-state index >= 15 is 0 Å². The summed E-state index contributed by atoms with van der Waals surface area (Å²) in [7, 11) is 5.32. The van der Waals surface area contributed by atoms with Gasteiger partial charge < -0.3 is 15.5 Å². The Labute approximate surface area is 156 Å². The van der Waals surface area contributed by atoms with Gasteiger partial charge in [0, 0.05) is 27.7 Å². The van der Waals surface area contributed by atoms with Gasteiger partial charge in [-0.05, 0) is 43.9 Å². The van der Waals surface area contributed by atoms with Gasteiger partial charge >= 0.3 is 0 Å². The van der Waals surface area contributed by atoms with E-state index in [1.54, 1.807) is 31.0 Å². The summed E-state index contributed by atoms with van der Waals surface area (Å²) in [5, 5.41) is 6.60. The fourth-order valence-electron chi connectivity index (χ4n) is 3.61. The van der Waals surface area contributed by atoms with Gasteiger partial charge in [0.05, 0.1) is 11.5 Å². The van der Waals surface area contributed by atoms with Crippen LogP contribution in [0.3, 0.4) is 0 Å². The van der Waals surface area contributed by atoms with Crippen LogP contribution < -0.4 is 10.6 Å². The number of aliphatic imine (C=N–C) groups is 1. The molecule has 1 aliphatic carbocycles. The van der Waals surface area contributed by atoms with E-state index in [2.05, 4.69) is 15.6 Å². The Morgan fingerprint density at radius 2 is 2.00 bits per heavy atom. The number of guanidine groups is 1. The third-order valence-corrected chi connectivity index (χ3v) is 5.29. The van der Waals surface area contributed by atoms with Gasteiger partial charge in [0.25, 0.3) is 0 Å². The normalized spacial score (nSPS) is 17.7. The fraction of sp³-hybridized carbons (Fsp3) is 0.600. The molecule has 0 bridgehead atoms. The summed E-state index contributed by atoms with van der Waals surface area (Å²) in [5.74, 6) is 0.587. The number of nitrogens with one attached hydrogen (secondary N) is 2. The van der Waals surface area contributed by atoms with E-state index in [-0.39, 0.29) is 23.2 Å². The molecule has 0 aliphatic heterocycles. The molecule has 0 saturated heterocycles. The van der Waals surface area contributed by atoms with Gasteiger partial charge in [-0.15, -0.1) is 0 Å². The van der Waals surface area contributed by atoms with Crippen molar-refractivity contribution >= 4 is 11.9 Å². The number of hydrogen-bond acceptors (Lipinski definition) is 2. The summed E-state index contributed by atoms with van der Waals surface area (Å²) < 4.78 is 13.8. The number of halogens is 1. The molecule has 1 unspecified atom stereocenters. The van der Waals surface area contributed by atoms with Crippen molar-refractivity contribution in [2.45, 2.75) is 45.6 Å². The number of amides is 1. The maximum Gasteiger partial charge on any atom is 0.230 e. The molecular weight excluding hydrogens is 331 g/mol. The molecular formula is C20H31FN4O. The average molecular weight is 362 g/mol. The van der Waals surface area contributed by atoms with E-state index in [9.17, 15) is 9.18 Å². The van der Waals surface area contributed by atoms with Crippen LogP contribution in [-0.4, -0.2) is 44.5 Å². The van der Waals surface area contributed by atoms with Crippen molar-refractivity contribution in [1.82, 2.24) is 15.5 Å². The Hall–Kier alpha value is -2.11. The first-order valence-electron chi connectivity index (χ1n) is 9.24. The Morgan fingerprint density at radius 3 is 2.54 bits per heavy atom. The maximum absolute atomic E-state index is 13.8. The highest BCUT2D eigenvalue weighted by atomic mass is 19.1. The summed E-state index contributed by atoms with van der Waals surface area (Å²) in [6, 6.07) is 5.15. The Kier molecular flexibility index (Phi) is 6.62. The largest absolute Gasteiger partial charge is 0.355 e. The minimum atomic E-state index is -0.361. The topological polar surface area (TPSA) is 56.7 Å². The second kappa shape index (κ2) is 8.52. The number of carbonyl (C=O) groups excluding carboxylic acids is 1. The fourth-order valence-corrected chi connectivity index (χ4v) is 3.61. The highest BCUT2D eigenvalue weighted by Gasteiger charge is 2.42. The first-order valence-corrected chi connectivity index (χ1v) is 9.24. The van der Waals surface area contributed by atoms with E-state index in [0.29, 0.717) is 18.1 Å². The monoisotopic (exact) mass is 362 g/mol. The van der Waals surface area contributed by atoms with Crippen molar-refractivity contribution < 1.29 is 9.18 Å². The van der Waals surface area contributed by atoms with Gasteiger partial charge in [-0.3, -0.25) is 9.79 Å². The van der Waals surface area contributed by atoms with Gasteiger partial charge in [-0.2, -0.15) is 0 Å². The Bertz CT molecular complexity index is 666.